The van der Waals surface area contributed by atoms with Crippen molar-refractivity contribution in [1.29, 1.82) is 0 Å². The molecule has 0 spiro atoms. The van der Waals surface area contributed by atoms with Gasteiger partial charge in [-0.1, -0.05) is 30.3 Å². The average molecular weight is 391 g/mol. The molecular weight excluding hydrogens is 370 g/mol. The van der Waals surface area contributed by atoms with Crippen LogP contribution in [0.3, 0.4) is 0 Å². The maximum atomic E-state index is 12.7. The lowest BCUT2D eigenvalue weighted by atomic mass is 10.1. The van der Waals surface area contributed by atoms with Gasteiger partial charge in [-0.15, -0.1) is 0 Å². The number of fused-ring (bicyclic) bond motifs is 1. The van der Waals surface area contributed by atoms with Crippen LogP contribution in [0.15, 0.2) is 54.6 Å². The highest BCUT2D eigenvalue weighted by atomic mass is 16.7. The third-order valence-corrected chi connectivity index (χ3v) is 5.00. The topological polar surface area (TPSA) is 66.8 Å². The van der Waals surface area contributed by atoms with Crippen molar-refractivity contribution in [2.45, 2.75) is 20.4 Å². The number of nitrogens with zero attached hydrogens (tertiary/aromatic N) is 1. The predicted molar refractivity (Wildman–Crippen MR) is 107 cm³/mol. The molecule has 0 fully saturated rings. The second kappa shape index (κ2) is 7.83. The first kappa shape index (κ1) is 18.8. The van der Waals surface area contributed by atoms with Gasteiger partial charge in [0.25, 0.3) is 0 Å². The number of carbonyl (C=O) groups is 2. The Hall–Kier alpha value is -3.54. The Bertz CT molecular complexity index is 1070. The average Bonchev–Trinajstić information content (AvgIpc) is 3.31. The third kappa shape index (κ3) is 3.87. The van der Waals surface area contributed by atoms with Crippen LogP contribution in [0.1, 0.15) is 37.7 Å². The van der Waals surface area contributed by atoms with Crippen LogP contribution in [0.2, 0.25) is 0 Å². The van der Waals surface area contributed by atoms with E-state index in [4.69, 9.17) is 14.2 Å². The number of benzene rings is 2. The quantitative estimate of drug-likeness (QED) is 0.471. The van der Waals surface area contributed by atoms with Gasteiger partial charge in [0, 0.05) is 23.5 Å². The van der Waals surface area contributed by atoms with Crippen LogP contribution < -0.4 is 9.47 Å². The van der Waals surface area contributed by atoms with Crippen LogP contribution in [0, 0.1) is 13.8 Å². The Labute approximate surface area is 168 Å². The Balaban J connectivity index is 1.43. The number of aromatic nitrogens is 1. The predicted octanol–water partition coefficient (Wildman–Crippen LogP) is 3.92. The molecular formula is C23H21NO5. The largest absolute Gasteiger partial charge is 0.454 e. The third-order valence-electron chi connectivity index (χ3n) is 5.00. The molecule has 0 saturated carbocycles. The fourth-order valence-corrected chi connectivity index (χ4v) is 3.41. The molecule has 0 amide bonds. The van der Waals surface area contributed by atoms with Gasteiger partial charge in [-0.05, 0) is 43.7 Å². The second-order valence-corrected chi connectivity index (χ2v) is 6.92. The van der Waals surface area contributed by atoms with Crippen LogP contribution in [0.4, 0.5) is 0 Å². The van der Waals surface area contributed by atoms with Crippen LogP contribution in [0.25, 0.3) is 0 Å². The molecule has 6 heteroatoms. The first-order valence-corrected chi connectivity index (χ1v) is 9.33. The van der Waals surface area contributed by atoms with Crippen molar-refractivity contribution in [2.24, 2.45) is 0 Å². The van der Waals surface area contributed by atoms with Crippen molar-refractivity contribution in [3.05, 3.63) is 82.7 Å². The maximum absolute atomic E-state index is 12.7. The molecule has 6 nitrogen and oxygen atoms in total. The molecule has 2 heterocycles. The summed E-state index contributed by atoms with van der Waals surface area (Å²) in [6.07, 6.45) is 0. The van der Waals surface area contributed by atoms with Crippen molar-refractivity contribution >= 4 is 11.8 Å². The van der Waals surface area contributed by atoms with Crippen molar-refractivity contribution in [3.63, 3.8) is 0 Å². The number of rotatable bonds is 6. The van der Waals surface area contributed by atoms with Gasteiger partial charge >= 0.3 is 5.97 Å². The zero-order valence-corrected chi connectivity index (χ0v) is 16.3. The fourth-order valence-electron chi connectivity index (χ4n) is 3.41. The number of ketones is 1. The van der Waals surface area contributed by atoms with Crippen molar-refractivity contribution in [3.8, 4) is 11.5 Å². The summed E-state index contributed by atoms with van der Waals surface area (Å²) in [6, 6.07) is 16.7. The summed E-state index contributed by atoms with van der Waals surface area (Å²) in [6.45, 7) is 4.37. The summed E-state index contributed by atoms with van der Waals surface area (Å²) in [5, 5.41) is 0. The summed E-state index contributed by atoms with van der Waals surface area (Å²) < 4.78 is 17.8. The molecule has 1 aliphatic heterocycles. The van der Waals surface area contributed by atoms with Gasteiger partial charge < -0.3 is 18.8 Å². The molecule has 0 unspecified atom stereocenters. The van der Waals surface area contributed by atoms with E-state index in [2.05, 4.69) is 4.57 Å². The summed E-state index contributed by atoms with van der Waals surface area (Å²) in [5.41, 5.74) is 3.88. The Morgan fingerprint density at radius 3 is 2.55 bits per heavy atom. The standard InChI is InChI=1S/C23H21NO5/c1-15-10-19(16(2)24(15)12-17-6-4-3-5-7-17)20(25)13-27-23(26)18-8-9-21-22(11-18)29-14-28-21/h3-11H,12-14H2,1-2H3. The van der Waals surface area contributed by atoms with Crippen LogP contribution in [-0.2, 0) is 11.3 Å². The molecule has 0 atom stereocenters. The molecule has 0 saturated heterocycles. The smallest absolute Gasteiger partial charge is 0.338 e. The van der Waals surface area contributed by atoms with Crippen molar-refractivity contribution < 1.29 is 23.8 Å². The van der Waals surface area contributed by atoms with E-state index in [1.807, 2.05) is 50.2 Å². The molecule has 29 heavy (non-hydrogen) atoms. The Morgan fingerprint density at radius 2 is 1.76 bits per heavy atom. The monoisotopic (exact) mass is 391 g/mol. The first-order valence-electron chi connectivity index (χ1n) is 9.33. The molecule has 4 rings (SSSR count). The lowest BCUT2D eigenvalue weighted by Crippen LogP contribution is -2.15. The number of carbonyl (C=O) groups excluding carboxylic acids is 2. The Morgan fingerprint density at radius 1 is 1.00 bits per heavy atom. The summed E-state index contributed by atoms with van der Waals surface area (Å²) >= 11 is 0. The zero-order chi connectivity index (χ0) is 20.4. The van der Waals surface area contributed by atoms with E-state index in [9.17, 15) is 9.59 Å². The molecule has 3 aromatic rings. The molecule has 0 radical (unpaired) electrons. The maximum Gasteiger partial charge on any atom is 0.338 e. The number of ether oxygens (including phenoxy) is 3. The highest BCUT2D eigenvalue weighted by molar-refractivity contribution is 6.00. The molecule has 0 aliphatic carbocycles. The van der Waals surface area contributed by atoms with Crippen molar-refractivity contribution in [2.75, 3.05) is 13.4 Å². The molecule has 1 aromatic heterocycles. The minimum Gasteiger partial charge on any atom is -0.454 e. The fraction of sp³-hybridized carbons (Fsp3) is 0.217. The molecule has 0 bridgehead atoms. The normalized spacial score (nSPS) is 12.1. The van der Waals surface area contributed by atoms with Gasteiger partial charge in [0.1, 0.15) is 0 Å². The van der Waals surface area contributed by atoms with E-state index >= 15 is 0 Å². The van der Waals surface area contributed by atoms with Gasteiger partial charge in [-0.25, -0.2) is 4.79 Å². The van der Waals surface area contributed by atoms with E-state index in [0.29, 0.717) is 29.2 Å². The van der Waals surface area contributed by atoms with E-state index in [0.717, 1.165) is 17.0 Å². The number of esters is 1. The van der Waals surface area contributed by atoms with Crippen molar-refractivity contribution in [1.82, 2.24) is 4.57 Å². The number of aryl methyl sites for hydroxylation is 1. The van der Waals surface area contributed by atoms with Gasteiger partial charge in [0.2, 0.25) is 12.6 Å². The SMILES string of the molecule is Cc1cc(C(=O)COC(=O)c2ccc3c(c2)OCO3)c(C)n1Cc1ccccc1. The van der Waals surface area contributed by atoms with Gasteiger partial charge in [0.05, 0.1) is 5.56 Å². The van der Waals surface area contributed by atoms with E-state index in [1.165, 1.54) is 0 Å². The summed E-state index contributed by atoms with van der Waals surface area (Å²) in [5.74, 6) is 0.278. The van der Waals surface area contributed by atoms with E-state index in [1.54, 1.807) is 18.2 Å². The minimum atomic E-state index is -0.574. The van der Waals surface area contributed by atoms with E-state index in [-0.39, 0.29) is 19.2 Å². The molecule has 0 N–H and O–H groups in total. The molecule has 2 aromatic carbocycles. The second-order valence-electron chi connectivity index (χ2n) is 6.92. The lowest BCUT2D eigenvalue weighted by molar-refractivity contribution is 0.0474. The zero-order valence-electron chi connectivity index (χ0n) is 16.3. The number of hydrogen-bond acceptors (Lipinski definition) is 5. The summed E-state index contributed by atoms with van der Waals surface area (Å²) in [7, 11) is 0. The van der Waals surface area contributed by atoms with Crippen LogP contribution in [0.5, 0.6) is 11.5 Å². The lowest BCUT2D eigenvalue weighted by Gasteiger charge is -2.10. The highest BCUT2D eigenvalue weighted by Crippen LogP contribution is 2.32. The highest BCUT2D eigenvalue weighted by Gasteiger charge is 2.20. The molecule has 148 valence electrons. The van der Waals surface area contributed by atoms with Gasteiger partial charge in [-0.3, -0.25) is 4.79 Å². The van der Waals surface area contributed by atoms with Gasteiger partial charge in [0.15, 0.2) is 18.1 Å². The van der Waals surface area contributed by atoms with Crippen LogP contribution in [-0.4, -0.2) is 29.7 Å². The molecule has 1 aliphatic rings. The number of hydrogen-bond donors (Lipinski definition) is 0. The van der Waals surface area contributed by atoms with Crippen LogP contribution >= 0.6 is 0 Å². The minimum absolute atomic E-state index is 0.130. The first-order chi connectivity index (χ1) is 14.0. The number of Topliss-reactive ketones (excluding diaryl/α,β-unsaturated/α-hetero) is 1. The van der Waals surface area contributed by atoms with Gasteiger partial charge in [-0.2, -0.15) is 0 Å². The Kier molecular flexibility index (Phi) is 5.08. The van der Waals surface area contributed by atoms with E-state index < -0.39 is 5.97 Å². The summed E-state index contributed by atoms with van der Waals surface area (Å²) in [4.78, 5) is 25.0.